The first-order valence-corrected chi connectivity index (χ1v) is 8.99. The second kappa shape index (κ2) is 9.27. The number of hydrogen-bond donors (Lipinski definition) is 2. The van der Waals surface area contributed by atoms with E-state index in [1.165, 1.54) is 26.0 Å². The van der Waals surface area contributed by atoms with E-state index in [-0.39, 0.29) is 11.4 Å². The molecule has 2 N–H and O–H groups in total. The molecule has 0 amide bonds. The molecule has 0 bridgehead atoms. The van der Waals surface area contributed by atoms with Crippen molar-refractivity contribution in [3.8, 4) is 5.75 Å². The minimum absolute atomic E-state index is 0.0214. The summed E-state index contributed by atoms with van der Waals surface area (Å²) >= 11 is 0. The van der Waals surface area contributed by atoms with Crippen molar-refractivity contribution in [1.29, 1.82) is 0 Å². The van der Waals surface area contributed by atoms with Gasteiger partial charge in [0, 0.05) is 12.1 Å². The third-order valence-corrected chi connectivity index (χ3v) is 5.04. The minimum Gasteiger partial charge on any atom is -0.468 e. The van der Waals surface area contributed by atoms with Crippen molar-refractivity contribution >= 4 is 25.3 Å². The molecular formula is C14H20N3O8P. The summed E-state index contributed by atoms with van der Waals surface area (Å²) in [6.45, 7) is 2.78. The number of hydrogen-bond acceptors (Lipinski definition) is 8. The molecule has 0 aliphatic heterocycles. The Bertz CT molecular complexity index is 681. The number of esters is 2. The van der Waals surface area contributed by atoms with E-state index in [9.17, 15) is 24.3 Å². The molecule has 0 saturated carbocycles. The first kappa shape index (κ1) is 21.6. The summed E-state index contributed by atoms with van der Waals surface area (Å²) in [4.78, 5) is 33.3. The fourth-order valence-electron chi connectivity index (χ4n) is 1.84. The van der Waals surface area contributed by atoms with Gasteiger partial charge >= 0.3 is 19.6 Å². The molecule has 2 atom stereocenters. The van der Waals surface area contributed by atoms with Crippen LogP contribution in [0.1, 0.15) is 13.8 Å². The smallest absolute Gasteiger partial charge is 0.391 e. The fraction of sp³-hybridized carbons (Fsp3) is 0.429. The van der Waals surface area contributed by atoms with Crippen LogP contribution in [-0.2, 0) is 23.6 Å². The Morgan fingerprint density at radius 3 is 1.81 bits per heavy atom. The molecule has 11 nitrogen and oxygen atoms in total. The zero-order valence-corrected chi connectivity index (χ0v) is 15.5. The van der Waals surface area contributed by atoms with Crippen LogP contribution in [-0.4, -0.2) is 43.2 Å². The zero-order chi connectivity index (χ0) is 19.9. The molecule has 1 aromatic rings. The maximum absolute atomic E-state index is 13.1. The number of non-ortho nitro benzene ring substituents is 1. The summed E-state index contributed by atoms with van der Waals surface area (Å²) in [7, 11) is -1.68. The van der Waals surface area contributed by atoms with Gasteiger partial charge in [0.1, 0.15) is 17.8 Å². The van der Waals surface area contributed by atoms with Crippen LogP contribution in [0, 0.1) is 10.1 Å². The number of nitro groups is 1. The van der Waals surface area contributed by atoms with Crippen LogP contribution >= 0.6 is 7.67 Å². The highest BCUT2D eigenvalue weighted by atomic mass is 31.2. The largest absolute Gasteiger partial charge is 0.468 e. The van der Waals surface area contributed by atoms with Gasteiger partial charge in [-0.1, -0.05) is 0 Å². The van der Waals surface area contributed by atoms with Crippen LogP contribution in [0.5, 0.6) is 5.75 Å². The second-order valence-electron chi connectivity index (χ2n) is 5.14. The SMILES string of the molecule is COC(=O)[C@H](C)NP(=O)(N[C@@H](C)C(=O)OC)Oc1ccc([N+](=O)[O-])cc1. The number of carbonyl (C=O) groups excluding carboxylic acids is 2. The molecule has 26 heavy (non-hydrogen) atoms. The molecule has 144 valence electrons. The third kappa shape index (κ3) is 6.10. The van der Waals surface area contributed by atoms with Crippen LogP contribution in [0.25, 0.3) is 0 Å². The molecule has 0 aliphatic carbocycles. The third-order valence-electron chi connectivity index (χ3n) is 3.12. The number of benzene rings is 1. The van der Waals surface area contributed by atoms with Gasteiger partial charge in [0.05, 0.1) is 19.1 Å². The van der Waals surface area contributed by atoms with Gasteiger partial charge in [0.25, 0.3) is 5.69 Å². The summed E-state index contributed by atoms with van der Waals surface area (Å²) in [6, 6.07) is 2.74. The van der Waals surface area contributed by atoms with Gasteiger partial charge in [-0.2, -0.15) is 0 Å². The zero-order valence-electron chi connectivity index (χ0n) is 14.6. The summed E-state index contributed by atoms with van der Waals surface area (Å²) < 4.78 is 27.5. The lowest BCUT2D eigenvalue weighted by atomic mass is 10.3. The highest BCUT2D eigenvalue weighted by Crippen LogP contribution is 2.40. The molecule has 0 spiro atoms. The highest BCUT2D eigenvalue weighted by Gasteiger charge is 2.34. The van der Waals surface area contributed by atoms with Crippen LogP contribution < -0.4 is 14.7 Å². The Kier molecular flexibility index (Phi) is 7.69. The Labute approximate surface area is 149 Å². The maximum Gasteiger partial charge on any atom is 0.391 e. The van der Waals surface area contributed by atoms with Crippen LogP contribution in [0.4, 0.5) is 5.69 Å². The van der Waals surface area contributed by atoms with Crippen molar-refractivity contribution in [3.05, 3.63) is 34.4 Å². The van der Waals surface area contributed by atoms with Gasteiger partial charge in [0.15, 0.2) is 0 Å². The number of ether oxygens (including phenoxy) is 2. The number of methoxy groups -OCH3 is 2. The summed E-state index contributed by atoms with van der Waals surface area (Å²) in [5, 5.41) is 15.6. The van der Waals surface area contributed by atoms with Crippen molar-refractivity contribution < 1.29 is 33.1 Å². The lowest BCUT2D eigenvalue weighted by Crippen LogP contribution is -2.42. The Morgan fingerprint density at radius 1 is 1.04 bits per heavy atom. The van der Waals surface area contributed by atoms with E-state index in [1.54, 1.807) is 0 Å². The molecule has 0 heterocycles. The van der Waals surface area contributed by atoms with Crippen molar-refractivity contribution in [2.45, 2.75) is 25.9 Å². The second-order valence-corrected chi connectivity index (χ2v) is 6.94. The average molecular weight is 389 g/mol. The van der Waals surface area contributed by atoms with Gasteiger partial charge < -0.3 is 14.0 Å². The standard InChI is InChI=1S/C14H20N3O8P/c1-9(13(18)23-3)15-26(22,16-10(2)14(19)24-4)25-12-7-5-11(6-8-12)17(20)21/h5-10H,1-4H3,(H2,15,16,22)/t9-,10-/m0/s1. The predicted octanol–water partition coefficient (Wildman–Crippen LogP) is 1.38. The lowest BCUT2D eigenvalue weighted by Gasteiger charge is -2.25. The highest BCUT2D eigenvalue weighted by molar-refractivity contribution is 7.55. The first-order valence-electron chi connectivity index (χ1n) is 7.37. The van der Waals surface area contributed by atoms with E-state index in [1.807, 2.05) is 0 Å². The van der Waals surface area contributed by atoms with E-state index >= 15 is 0 Å². The lowest BCUT2D eigenvalue weighted by molar-refractivity contribution is -0.384. The molecular weight excluding hydrogens is 369 g/mol. The number of nitrogens with one attached hydrogen (secondary N) is 2. The molecule has 0 saturated heterocycles. The molecule has 1 aromatic carbocycles. The number of carbonyl (C=O) groups is 2. The van der Waals surface area contributed by atoms with Crippen molar-refractivity contribution in [1.82, 2.24) is 10.2 Å². The van der Waals surface area contributed by atoms with Gasteiger partial charge in [-0.25, -0.2) is 14.7 Å². The average Bonchev–Trinajstić information content (AvgIpc) is 2.60. The van der Waals surface area contributed by atoms with E-state index in [0.717, 1.165) is 26.4 Å². The monoisotopic (exact) mass is 389 g/mol. The molecule has 0 fully saturated rings. The van der Waals surface area contributed by atoms with E-state index in [0.29, 0.717) is 0 Å². The minimum atomic E-state index is -4.00. The molecule has 0 aliphatic rings. The molecule has 0 radical (unpaired) electrons. The van der Waals surface area contributed by atoms with E-state index < -0.39 is 36.6 Å². The Hall–Kier alpha value is -2.49. The molecule has 0 unspecified atom stereocenters. The predicted molar refractivity (Wildman–Crippen MR) is 90.6 cm³/mol. The summed E-state index contributed by atoms with van der Waals surface area (Å²) in [6.07, 6.45) is 0. The topological polar surface area (TPSA) is 146 Å². The van der Waals surface area contributed by atoms with Gasteiger partial charge in [-0.15, -0.1) is 0 Å². The number of nitro benzene ring substituents is 1. The fourth-order valence-corrected chi connectivity index (χ4v) is 3.67. The molecule has 1 rings (SSSR count). The molecule has 0 aromatic heterocycles. The maximum atomic E-state index is 13.1. The van der Waals surface area contributed by atoms with Crippen molar-refractivity contribution in [2.24, 2.45) is 0 Å². The van der Waals surface area contributed by atoms with Crippen LogP contribution in [0.2, 0.25) is 0 Å². The van der Waals surface area contributed by atoms with E-state index in [4.69, 9.17) is 4.52 Å². The number of nitrogens with zero attached hydrogens (tertiary/aromatic N) is 1. The summed E-state index contributed by atoms with van der Waals surface area (Å²) in [5.41, 5.74) is -0.182. The van der Waals surface area contributed by atoms with Crippen LogP contribution in [0.3, 0.4) is 0 Å². The quantitative estimate of drug-likeness (QED) is 0.275. The van der Waals surface area contributed by atoms with Gasteiger partial charge in [0.2, 0.25) is 0 Å². The number of rotatable bonds is 9. The van der Waals surface area contributed by atoms with Crippen molar-refractivity contribution in [3.63, 3.8) is 0 Å². The van der Waals surface area contributed by atoms with Gasteiger partial charge in [-0.05, 0) is 26.0 Å². The van der Waals surface area contributed by atoms with E-state index in [2.05, 4.69) is 19.6 Å². The molecule has 12 heteroatoms. The van der Waals surface area contributed by atoms with Gasteiger partial charge in [-0.3, -0.25) is 19.7 Å². The van der Waals surface area contributed by atoms with Crippen LogP contribution in [0.15, 0.2) is 24.3 Å². The Balaban J connectivity index is 3.05. The normalized spacial score (nSPS) is 13.4. The first-order chi connectivity index (χ1) is 12.1. The Morgan fingerprint density at radius 2 is 1.46 bits per heavy atom. The summed E-state index contributed by atoms with van der Waals surface area (Å²) in [5.74, 6) is -1.39. The van der Waals surface area contributed by atoms with Crippen molar-refractivity contribution in [2.75, 3.05) is 14.2 Å².